The van der Waals surface area contributed by atoms with Gasteiger partial charge in [-0.25, -0.2) is 0 Å². The number of hydrogen-bond acceptors (Lipinski definition) is 2. The van der Waals surface area contributed by atoms with E-state index in [1.165, 1.54) is 55.4 Å². The molecule has 0 aromatic heterocycles. The Balaban J connectivity index is 1.47. The van der Waals surface area contributed by atoms with Gasteiger partial charge in [0.25, 0.3) is 0 Å². The first-order valence-electron chi connectivity index (χ1n) is 10.8. The van der Waals surface area contributed by atoms with E-state index in [2.05, 4.69) is 72.6 Å². The van der Waals surface area contributed by atoms with E-state index in [-0.39, 0.29) is 0 Å². The molecule has 2 aliphatic rings. The molecule has 27 heavy (non-hydrogen) atoms. The Morgan fingerprint density at radius 1 is 0.852 bits per heavy atom. The van der Waals surface area contributed by atoms with E-state index < -0.39 is 0 Å². The van der Waals surface area contributed by atoms with Gasteiger partial charge >= 0.3 is 0 Å². The van der Waals surface area contributed by atoms with Crippen molar-refractivity contribution in [2.75, 3.05) is 13.1 Å². The predicted molar refractivity (Wildman–Crippen MR) is 114 cm³/mol. The van der Waals surface area contributed by atoms with E-state index in [4.69, 9.17) is 5.10 Å². The van der Waals surface area contributed by atoms with E-state index in [1.807, 2.05) is 0 Å². The van der Waals surface area contributed by atoms with Crippen molar-refractivity contribution in [3.05, 3.63) is 71.8 Å². The van der Waals surface area contributed by atoms with Gasteiger partial charge in [-0.1, -0.05) is 93.3 Å². The highest BCUT2D eigenvalue weighted by atomic mass is 15.5. The summed E-state index contributed by atoms with van der Waals surface area (Å²) >= 11 is 0. The fourth-order valence-electron chi connectivity index (χ4n) is 4.90. The van der Waals surface area contributed by atoms with Crippen LogP contribution in [0, 0.1) is 11.8 Å². The van der Waals surface area contributed by atoms with Crippen LogP contribution in [0.1, 0.15) is 62.5 Å². The Morgan fingerprint density at radius 3 is 2.15 bits per heavy atom. The van der Waals surface area contributed by atoms with Gasteiger partial charge in [-0.15, -0.1) is 0 Å². The Labute approximate surface area is 164 Å². The smallest absolute Gasteiger partial charge is 0.0770 e. The van der Waals surface area contributed by atoms with Crippen molar-refractivity contribution in [3.8, 4) is 0 Å². The normalized spacial score (nSPS) is 25.4. The van der Waals surface area contributed by atoms with Gasteiger partial charge in [-0.2, -0.15) is 5.10 Å². The van der Waals surface area contributed by atoms with E-state index >= 15 is 0 Å². The minimum Gasteiger partial charge on any atom is -0.295 e. The lowest BCUT2D eigenvalue weighted by molar-refractivity contribution is 0.189. The van der Waals surface area contributed by atoms with Crippen LogP contribution >= 0.6 is 0 Å². The molecule has 1 aliphatic heterocycles. The summed E-state index contributed by atoms with van der Waals surface area (Å²) in [7, 11) is 0. The fraction of sp³-hybridized carbons (Fsp3) is 0.480. The maximum Gasteiger partial charge on any atom is 0.0770 e. The third kappa shape index (κ3) is 4.43. The molecule has 4 rings (SSSR count). The Bertz CT molecular complexity index is 729. The largest absolute Gasteiger partial charge is 0.295 e. The molecule has 2 nitrogen and oxygen atoms in total. The molecule has 1 aliphatic carbocycles. The Hall–Kier alpha value is -2.09. The van der Waals surface area contributed by atoms with Crippen molar-refractivity contribution in [3.63, 3.8) is 0 Å². The highest BCUT2D eigenvalue weighted by molar-refractivity contribution is 6.06. The summed E-state index contributed by atoms with van der Waals surface area (Å²) in [5.41, 5.74) is 3.89. The lowest BCUT2D eigenvalue weighted by Crippen LogP contribution is -2.28. The van der Waals surface area contributed by atoms with Gasteiger partial charge in [0.15, 0.2) is 0 Å². The van der Waals surface area contributed by atoms with Crippen LogP contribution < -0.4 is 0 Å². The molecule has 0 amide bonds. The zero-order valence-electron chi connectivity index (χ0n) is 16.6. The molecule has 1 unspecified atom stereocenters. The standard InChI is InChI=1S/C25H32N2/c1-2-9-20-14-16-21(17-15-20)18-27-19-24(22-10-5-3-6-11-22)25(26-27)23-12-7-4-8-13-23/h3-8,10-13,20-21,24H,2,9,14-19H2,1H3. The highest BCUT2D eigenvalue weighted by Crippen LogP contribution is 2.34. The maximum atomic E-state index is 5.12. The molecule has 1 heterocycles. The summed E-state index contributed by atoms with van der Waals surface area (Å²) in [6, 6.07) is 21.6. The van der Waals surface area contributed by atoms with Crippen molar-refractivity contribution in [2.45, 2.75) is 51.4 Å². The summed E-state index contributed by atoms with van der Waals surface area (Å²) in [5, 5.41) is 7.48. The first kappa shape index (κ1) is 18.3. The Morgan fingerprint density at radius 2 is 1.48 bits per heavy atom. The second kappa shape index (κ2) is 8.73. The van der Waals surface area contributed by atoms with E-state index in [0.29, 0.717) is 5.92 Å². The van der Waals surface area contributed by atoms with Crippen LogP contribution in [-0.4, -0.2) is 23.8 Å². The van der Waals surface area contributed by atoms with Crippen LogP contribution in [0.15, 0.2) is 65.8 Å². The average Bonchev–Trinajstić information content (AvgIpc) is 3.15. The maximum absolute atomic E-state index is 5.12. The lowest BCUT2D eigenvalue weighted by Gasteiger charge is -2.30. The van der Waals surface area contributed by atoms with E-state index in [0.717, 1.165) is 24.9 Å². The van der Waals surface area contributed by atoms with Gasteiger partial charge in [-0.3, -0.25) is 5.01 Å². The zero-order chi connectivity index (χ0) is 18.5. The SMILES string of the molecule is CCCC1CCC(CN2CC(c3ccccc3)C(c3ccccc3)=N2)CC1. The van der Waals surface area contributed by atoms with Gasteiger partial charge in [0.1, 0.15) is 0 Å². The lowest BCUT2D eigenvalue weighted by atomic mass is 9.80. The first-order valence-corrected chi connectivity index (χ1v) is 10.8. The third-order valence-electron chi connectivity index (χ3n) is 6.38. The molecule has 0 N–H and O–H groups in total. The van der Waals surface area contributed by atoms with Crippen LogP contribution in [0.2, 0.25) is 0 Å². The van der Waals surface area contributed by atoms with Crippen LogP contribution in [0.25, 0.3) is 0 Å². The number of hydrogen-bond donors (Lipinski definition) is 0. The van der Waals surface area contributed by atoms with Crippen LogP contribution in [0.3, 0.4) is 0 Å². The minimum absolute atomic E-state index is 0.380. The molecular weight excluding hydrogens is 328 g/mol. The van der Waals surface area contributed by atoms with Gasteiger partial charge in [0.2, 0.25) is 0 Å². The molecule has 0 bridgehead atoms. The molecule has 0 spiro atoms. The highest BCUT2D eigenvalue weighted by Gasteiger charge is 2.31. The van der Waals surface area contributed by atoms with Gasteiger partial charge < -0.3 is 0 Å². The van der Waals surface area contributed by atoms with E-state index in [1.54, 1.807) is 0 Å². The molecule has 142 valence electrons. The van der Waals surface area contributed by atoms with E-state index in [9.17, 15) is 0 Å². The predicted octanol–water partition coefficient (Wildman–Crippen LogP) is 6.10. The zero-order valence-corrected chi connectivity index (χ0v) is 16.6. The van der Waals surface area contributed by atoms with Crippen LogP contribution in [0.4, 0.5) is 0 Å². The molecule has 1 atom stereocenters. The number of rotatable bonds is 6. The monoisotopic (exact) mass is 360 g/mol. The van der Waals surface area contributed by atoms with Crippen molar-refractivity contribution in [1.82, 2.24) is 5.01 Å². The summed E-state index contributed by atoms with van der Waals surface area (Å²) in [6.45, 7) is 4.46. The molecule has 2 aromatic carbocycles. The second-order valence-corrected chi connectivity index (χ2v) is 8.36. The molecular formula is C25H32N2. The summed E-state index contributed by atoms with van der Waals surface area (Å²) in [5.74, 6) is 2.17. The van der Waals surface area contributed by atoms with Crippen molar-refractivity contribution in [2.24, 2.45) is 16.9 Å². The molecule has 1 saturated carbocycles. The van der Waals surface area contributed by atoms with Crippen LogP contribution in [0.5, 0.6) is 0 Å². The fourth-order valence-corrected chi connectivity index (χ4v) is 4.90. The molecule has 2 heteroatoms. The minimum atomic E-state index is 0.380. The summed E-state index contributed by atoms with van der Waals surface area (Å²) < 4.78 is 0. The van der Waals surface area contributed by atoms with Crippen molar-refractivity contribution < 1.29 is 0 Å². The van der Waals surface area contributed by atoms with Gasteiger partial charge in [0.05, 0.1) is 5.71 Å². The Kier molecular flexibility index (Phi) is 5.91. The molecule has 2 aromatic rings. The quantitative estimate of drug-likeness (QED) is 0.608. The molecule has 1 fully saturated rings. The summed E-state index contributed by atoms with van der Waals surface area (Å²) in [4.78, 5) is 0. The van der Waals surface area contributed by atoms with Crippen molar-refractivity contribution >= 4 is 5.71 Å². The van der Waals surface area contributed by atoms with Gasteiger partial charge in [-0.05, 0) is 35.8 Å². The topological polar surface area (TPSA) is 15.6 Å². The number of benzene rings is 2. The average molecular weight is 361 g/mol. The van der Waals surface area contributed by atoms with Crippen LogP contribution in [-0.2, 0) is 0 Å². The molecule has 0 radical (unpaired) electrons. The second-order valence-electron chi connectivity index (χ2n) is 8.36. The first-order chi connectivity index (χ1) is 13.3. The third-order valence-corrected chi connectivity index (χ3v) is 6.38. The molecule has 0 saturated heterocycles. The van der Waals surface area contributed by atoms with Crippen molar-refractivity contribution in [1.29, 1.82) is 0 Å². The number of nitrogens with zero attached hydrogens (tertiary/aromatic N) is 2. The van der Waals surface area contributed by atoms with Gasteiger partial charge in [0, 0.05) is 19.0 Å². The summed E-state index contributed by atoms with van der Waals surface area (Å²) in [6.07, 6.45) is 8.36. The number of hydrazone groups is 1.